The fourth-order valence-corrected chi connectivity index (χ4v) is 4.16. The van der Waals surface area contributed by atoms with E-state index in [1.165, 1.54) is 0 Å². The number of carbonyl (C=O) groups is 1. The van der Waals surface area contributed by atoms with Crippen LogP contribution in [0.5, 0.6) is 11.5 Å². The number of anilines is 1. The first-order valence-electron chi connectivity index (χ1n) is 10.4. The number of benzene rings is 3. The molecule has 1 aliphatic heterocycles. The Balaban J connectivity index is 1.44. The zero-order valence-corrected chi connectivity index (χ0v) is 17.6. The van der Waals surface area contributed by atoms with Crippen LogP contribution < -0.4 is 9.64 Å². The third-order valence-corrected chi connectivity index (χ3v) is 5.74. The lowest BCUT2D eigenvalue weighted by atomic mass is 10.0. The molecule has 0 saturated heterocycles. The number of furan rings is 1. The summed E-state index contributed by atoms with van der Waals surface area (Å²) in [5.41, 5.74) is 2.47. The van der Waals surface area contributed by atoms with Crippen LogP contribution in [0.2, 0.25) is 0 Å². The van der Waals surface area contributed by atoms with Gasteiger partial charge in [-0.3, -0.25) is 4.79 Å². The van der Waals surface area contributed by atoms with E-state index in [9.17, 15) is 9.90 Å². The molecule has 0 radical (unpaired) electrons. The third kappa shape index (κ3) is 3.49. The van der Waals surface area contributed by atoms with Crippen LogP contribution in [0.4, 0.5) is 5.69 Å². The van der Waals surface area contributed by atoms with Gasteiger partial charge >= 0.3 is 0 Å². The first kappa shape index (κ1) is 19.5. The SMILES string of the molecule is CN(C)CCOc1ccc2oc(C(=O)N3CCc4c3cc(O)c3ccccc43)cc2c1. The summed E-state index contributed by atoms with van der Waals surface area (Å²) in [6.45, 7) is 1.96. The van der Waals surface area contributed by atoms with Gasteiger partial charge in [-0.2, -0.15) is 0 Å². The second kappa shape index (κ2) is 7.63. The van der Waals surface area contributed by atoms with Gasteiger partial charge in [-0.15, -0.1) is 0 Å². The minimum absolute atomic E-state index is 0.179. The Morgan fingerprint density at radius 2 is 1.94 bits per heavy atom. The largest absolute Gasteiger partial charge is 0.507 e. The second-order valence-electron chi connectivity index (χ2n) is 8.11. The van der Waals surface area contributed by atoms with Crippen LogP contribution in [0.25, 0.3) is 21.7 Å². The molecule has 3 aromatic carbocycles. The van der Waals surface area contributed by atoms with E-state index in [-0.39, 0.29) is 17.4 Å². The number of phenolic OH excluding ortho intramolecular Hbond substituents is 1. The average molecular weight is 416 g/mol. The predicted molar refractivity (Wildman–Crippen MR) is 121 cm³/mol. The van der Waals surface area contributed by atoms with Crippen LogP contribution >= 0.6 is 0 Å². The molecule has 0 saturated carbocycles. The van der Waals surface area contributed by atoms with Crippen molar-refractivity contribution >= 4 is 33.3 Å². The van der Waals surface area contributed by atoms with Crippen molar-refractivity contribution in [2.24, 2.45) is 0 Å². The van der Waals surface area contributed by atoms with Gasteiger partial charge in [0.1, 0.15) is 23.7 Å². The number of rotatable bonds is 5. The number of ether oxygens (including phenoxy) is 1. The van der Waals surface area contributed by atoms with E-state index in [4.69, 9.17) is 9.15 Å². The van der Waals surface area contributed by atoms with Crippen LogP contribution in [0.3, 0.4) is 0 Å². The van der Waals surface area contributed by atoms with E-state index in [1.807, 2.05) is 56.6 Å². The number of amides is 1. The molecule has 5 rings (SSSR count). The molecule has 158 valence electrons. The van der Waals surface area contributed by atoms with Gasteiger partial charge in [0, 0.05) is 29.9 Å². The number of likely N-dealkylation sites (N-methyl/N-ethyl adjacent to an activating group) is 1. The smallest absolute Gasteiger partial charge is 0.294 e. The molecule has 1 amide bonds. The lowest BCUT2D eigenvalue weighted by molar-refractivity contribution is 0.0965. The molecule has 31 heavy (non-hydrogen) atoms. The fourth-order valence-electron chi connectivity index (χ4n) is 4.16. The average Bonchev–Trinajstić information content (AvgIpc) is 3.37. The quantitative estimate of drug-likeness (QED) is 0.521. The van der Waals surface area contributed by atoms with E-state index in [0.717, 1.165) is 46.1 Å². The maximum absolute atomic E-state index is 13.3. The molecule has 1 N–H and O–H groups in total. The number of carbonyl (C=O) groups excluding carboxylic acids is 1. The van der Waals surface area contributed by atoms with Gasteiger partial charge in [-0.05, 0) is 55.7 Å². The van der Waals surface area contributed by atoms with Crippen molar-refractivity contribution in [3.63, 3.8) is 0 Å². The van der Waals surface area contributed by atoms with Crippen LogP contribution in [0.15, 0.2) is 59.0 Å². The standard InChI is InChI=1S/C25H24N2O4/c1-26(2)11-12-30-17-7-8-23-16(13-17)14-24(31-23)25(29)27-10-9-19-18-5-3-4-6-20(18)22(28)15-21(19)27/h3-8,13-15,28H,9-12H2,1-2H3. The van der Waals surface area contributed by atoms with Crippen molar-refractivity contribution in [2.45, 2.75) is 6.42 Å². The number of phenols is 1. The van der Waals surface area contributed by atoms with E-state index < -0.39 is 0 Å². The molecule has 1 aromatic heterocycles. The Morgan fingerprint density at radius 1 is 1.13 bits per heavy atom. The van der Waals surface area contributed by atoms with Crippen molar-refractivity contribution in [3.05, 3.63) is 65.9 Å². The van der Waals surface area contributed by atoms with E-state index in [0.29, 0.717) is 18.7 Å². The van der Waals surface area contributed by atoms with Gasteiger partial charge in [0.25, 0.3) is 5.91 Å². The van der Waals surface area contributed by atoms with Gasteiger partial charge in [0.2, 0.25) is 0 Å². The molecule has 0 spiro atoms. The zero-order chi connectivity index (χ0) is 21.5. The summed E-state index contributed by atoms with van der Waals surface area (Å²) in [4.78, 5) is 17.0. The molecule has 0 aliphatic carbocycles. The lowest BCUT2D eigenvalue weighted by Crippen LogP contribution is -2.28. The van der Waals surface area contributed by atoms with Crippen molar-refractivity contribution < 1.29 is 19.1 Å². The van der Waals surface area contributed by atoms with Gasteiger partial charge in [-0.25, -0.2) is 0 Å². The highest BCUT2D eigenvalue weighted by atomic mass is 16.5. The van der Waals surface area contributed by atoms with Gasteiger partial charge in [-0.1, -0.05) is 24.3 Å². The van der Waals surface area contributed by atoms with E-state index in [1.54, 1.807) is 17.0 Å². The van der Waals surface area contributed by atoms with Crippen LogP contribution in [-0.4, -0.2) is 49.7 Å². The molecular formula is C25H24N2O4. The molecule has 2 heterocycles. The van der Waals surface area contributed by atoms with Crippen molar-refractivity contribution in [1.29, 1.82) is 0 Å². The molecule has 4 aromatic rings. The van der Waals surface area contributed by atoms with Crippen molar-refractivity contribution in [3.8, 4) is 11.5 Å². The molecule has 6 heteroatoms. The monoisotopic (exact) mass is 416 g/mol. The number of aromatic hydroxyl groups is 1. The summed E-state index contributed by atoms with van der Waals surface area (Å²) in [7, 11) is 4.00. The van der Waals surface area contributed by atoms with Gasteiger partial charge in [0.05, 0.1) is 5.69 Å². The van der Waals surface area contributed by atoms with E-state index >= 15 is 0 Å². The molecule has 0 fully saturated rings. The van der Waals surface area contributed by atoms with Crippen molar-refractivity contribution in [1.82, 2.24) is 4.90 Å². The molecule has 0 atom stereocenters. The summed E-state index contributed by atoms with van der Waals surface area (Å²) in [5.74, 6) is 0.996. The highest BCUT2D eigenvalue weighted by molar-refractivity contribution is 6.10. The number of hydrogen-bond donors (Lipinski definition) is 1. The zero-order valence-electron chi connectivity index (χ0n) is 17.6. The molecule has 0 unspecified atom stereocenters. The topological polar surface area (TPSA) is 66.2 Å². The molecule has 0 bridgehead atoms. The molecule has 6 nitrogen and oxygen atoms in total. The van der Waals surface area contributed by atoms with E-state index in [2.05, 4.69) is 4.90 Å². The number of nitrogens with zero attached hydrogens (tertiary/aromatic N) is 2. The third-order valence-electron chi connectivity index (χ3n) is 5.74. The summed E-state index contributed by atoms with van der Waals surface area (Å²) in [6, 6.07) is 16.7. The number of hydrogen-bond acceptors (Lipinski definition) is 5. The summed E-state index contributed by atoms with van der Waals surface area (Å²) in [5, 5.41) is 13.1. The van der Waals surface area contributed by atoms with Crippen LogP contribution in [-0.2, 0) is 6.42 Å². The highest BCUT2D eigenvalue weighted by Crippen LogP contribution is 2.40. The first-order valence-corrected chi connectivity index (χ1v) is 10.4. The summed E-state index contributed by atoms with van der Waals surface area (Å²) < 4.78 is 11.6. The van der Waals surface area contributed by atoms with Gasteiger partial charge < -0.3 is 24.1 Å². The van der Waals surface area contributed by atoms with Crippen LogP contribution in [0, 0.1) is 0 Å². The Bertz CT molecular complexity index is 1290. The molecule has 1 aliphatic rings. The van der Waals surface area contributed by atoms with Gasteiger partial charge in [0.15, 0.2) is 5.76 Å². The molecular weight excluding hydrogens is 392 g/mol. The highest BCUT2D eigenvalue weighted by Gasteiger charge is 2.30. The predicted octanol–water partition coefficient (Wildman–Crippen LogP) is 4.43. The fraction of sp³-hybridized carbons (Fsp3) is 0.240. The Hall–Kier alpha value is -3.51. The maximum atomic E-state index is 13.3. The normalized spacial score (nSPS) is 13.3. The lowest BCUT2D eigenvalue weighted by Gasteiger charge is -2.17. The minimum Gasteiger partial charge on any atom is -0.507 e. The van der Waals surface area contributed by atoms with Crippen molar-refractivity contribution in [2.75, 3.05) is 38.7 Å². The van der Waals surface area contributed by atoms with Crippen LogP contribution in [0.1, 0.15) is 16.1 Å². The summed E-state index contributed by atoms with van der Waals surface area (Å²) >= 11 is 0. The number of fused-ring (bicyclic) bond motifs is 4. The Labute approximate surface area is 180 Å². The first-order chi connectivity index (χ1) is 15.0. The minimum atomic E-state index is -0.209. The Kier molecular flexibility index (Phi) is 4.79. The second-order valence-corrected chi connectivity index (χ2v) is 8.11. The summed E-state index contributed by atoms with van der Waals surface area (Å²) in [6.07, 6.45) is 0.742. The maximum Gasteiger partial charge on any atom is 0.294 e. The Morgan fingerprint density at radius 3 is 2.74 bits per heavy atom.